The van der Waals surface area contributed by atoms with E-state index in [1.165, 1.54) is 35.0 Å². The number of fused-ring (bicyclic) bond motifs is 1. The minimum atomic E-state index is -4.58. The normalized spacial score (nSPS) is 15.9. The molecule has 4 aromatic rings. The second-order valence-corrected chi connectivity index (χ2v) is 10.3. The molecule has 40 heavy (non-hydrogen) atoms. The number of rotatable bonds is 8. The molecule has 1 fully saturated rings. The molecule has 0 saturated carbocycles. The lowest BCUT2D eigenvalue weighted by Gasteiger charge is -2.21. The highest BCUT2D eigenvalue weighted by Gasteiger charge is 2.35. The molecule has 0 bridgehead atoms. The lowest BCUT2D eigenvalue weighted by Crippen LogP contribution is -2.30. The van der Waals surface area contributed by atoms with Crippen LogP contribution in [0, 0.1) is 12.7 Å². The molecule has 0 spiro atoms. The number of likely N-dealkylation sites (N-methyl/N-ethyl adjacent to an activating group) is 1. The second kappa shape index (κ2) is 11.0. The number of para-hydroxylation sites is 1. The quantitative estimate of drug-likeness (QED) is 0.282. The third-order valence-corrected chi connectivity index (χ3v) is 7.30. The average molecular weight is 558 g/mol. The maximum atomic E-state index is 14.7. The molecular formula is C29H31F4N5O2. The van der Waals surface area contributed by atoms with Gasteiger partial charge in [-0.2, -0.15) is 13.2 Å². The van der Waals surface area contributed by atoms with Crippen LogP contribution in [0.5, 0.6) is 5.88 Å². The van der Waals surface area contributed by atoms with Crippen LogP contribution >= 0.6 is 0 Å². The van der Waals surface area contributed by atoms with Crippen molar-refractivity contribution in [1.29, 1.82) is 0 Å². The topological polar surface area (TPSA) is 55.5 Å². The van der Waals surface area contributed by atoms with Crippen LogP contribution in [-0.4, -0.2) is 59.4 Å². The van der Waals surface area contributed by atoms with Gasteiger partial charge < -0.3 is 14.5 Å². The van der Waals surface area contributed by atoms with Crippen LogP contribution in [-0.2, 0) is 12.7 Å². The zero-order valence-electron chi connectivity index (χ0n) is 22.6. The van der Waals surface area contributed by atoms with Gasteiger partial charge in [0.1, 0.15) is 17.9 Å². The Bertz CT molecular complexity index is 1560. The van der Waals surface area contributed by atoms with Crippen molar-refractivity contribution in [2.75, 3.05) is 45.2 Å². The third-order valence-electron chi connectivity index (χ3n) is 7.30. The molecule has 0 radical (unpaired) electrons. The molecule has 2 aromatic carbocycles. The van der Waals surface area contributed by atoms with E-state index >= 15 is 0 Å². The van der Waals surface area contributed by atoms with Crippen LogP contribution in [0.4, 0.5) is 23.2 Å². The zero-order valence-corrected chi connectivity index (χ0v) is 22.6. The molecule has 1 saturated heterocycles. The number of imidazole rings is 1. The Morgan fingerprint density at radius 3 is 2.60 bits per heavy atom. The van der Waals surface area contributed by atoms with Crippen molar-refractivity contribution in [3.63, 3.8) is 0 Å². The zero-order chi connectivity index (χ0) is 28.6. The molecule has 2 aromatic heterocycles. The number of ether oxygens (including phenoxy) is 1. The van der Waals surface area contributed by atoms with Crippen LogP contribution in [0.25, 0.3) is 11.0 Å². The summed E-state index contributed by atoms with van der Waals surface area (Å²) in [6.45, 7) is 3.29. The number of benzene rings is 2. The largest absolute Gasteiger partial charge is 0.475 e. The first kappa shape index (κ1) is 27.7. The molecule has 0 amide bonds. The Kier molecular flexibility index (Phi) is 7.59. The van der Waals surface area contributed by atoms with E-state index in [0.717, 1.165) is 11.6 Å². The fourth-order valence-electron chi connectivity index (χ4n) is 5.42. The Morgan fingerprint density at radius 2 is 1.88 bits per heavy atom. The summed E-state index contributed by atoms with van der Waals surface area (Å²) in [6.07, 6.45) is -2.48. The number of aromatic nitrogens is 3. The van der Waals surface area contributed by atoms with E-state index in [1.54, 1.807) is 16.7 Å². The standard InChI is InChI=1S/C29H31F4N5O2/c1-19-7-6-10-23(30)25(19)36-14-12-21(18-36)38-24-11-13-34-27(40-16-15-35(2)3)26(24)37(28(38)39)17-20-8-4-5-9-22(20)29(31,32)33/h4-11,13,21H,12,14-18H2,1-3H3/t21-/m1/s1. The van der Waals surface area contributed by atoms with E-state index in [4.69, 9.17) is 4.74 Å². The highest BCUT2D eigenvalue weighted by Crippen LogP contribution is 2.35. The summed E-state index contributed by atoms with van der Waals surface area (Å²) in [7, 11) is 3.78. The number of hydrogen-bond donors (Lipinski definition) is 0. The van der Waals surface area contributed by atoms with Gasteiger partial charge in [0, 0.05) is 25.8 Å². The predicted octanol–water partition coefficient (Wildman–Crippen LogP) is 5.10. The summed E-state index contributed by atoms with van der Waals surface area (Å²) in [5, 5.41) is 0. The number of halogens is 4. The molecule has 0 unspecified atom stereocenters. The van der Waals surface area contributed by atoms with Crippen LogP contribution < -0.4 is 15.3 Å². The molecule has 0 aliphatic carbocycles. The molecule has 3 heterocycles. The molecular weight excluding hydrogens is 526 g/mol. The fraction of sp³-hybridized carbons (Fsp3) is 0.379. The minimum absolute atomic E-state index is 0.0331. The maximum absolute atomic E-state index is 14.7. The molecule has 5 rings (SSSR count). The molecule has 11 heteroatoms. The van der Waals surface area contributed by atoms with E-state index in [0.29, 0.717) is 42.8 Å². The smallest absolute Gasteiger partial charge is 0.416 e. The van der Waals surface area contributed by atoms with Gasteiger partial charge in [0.15, 0.2) is 0 Å². The highest BCUT2D eigenvalue weighted by molar-refractivity contribution is 5.81. The van der Waals surface area contributed by atoms with E-state index in [9.17, 15) is 22.4 Å². The summed E-state index contributed by atoms with van der Waals surface area (Å²) in [6, 6.07) is 11.5. The van der Waals surface area contributed by atoms with Crippen molar-refractivity contribution >= 4 is 16.7 Å². The number of hydrogen-bond acceptors (Lipinski definition) is 5. The summed E-state index contributed by atoms with van der Waals surface area (Å²) in [5.41, 5.74) is 0.841. The number of nitrogens with zero attached hydrogens (tertiary/aromatic N) is 5. The van der Waals surface area contributed by atoms with Crippen molar-refractivity contribution < 1.29 is 22.3 Å². The van der Waals surface area contributed by atoms with E-state index in [2.05, 4.69) is 4.98 Å². The number of anilines is 1. The van der Waals surface area contributed by atoms with Crippen LogP contribution in [0.2, 0.25) is 0 Å². The predicted molar refractivity (Wildman–Crippen MR) is 146 cm³/mol. The van der Waals surface area contributed by atoms with Gasteiger partial charge in [-0.1, -0.05) is 30.3 Å². The molecule has 1 atom stereocenters. The van der Waals surface area contributed by atoms with E-state index in [1.807, 2.05) is 36.9 Å². The lowest BCUT2D eigenvalue weighted by atomic mass is 10.1. The van der Waals surface area contributed by atoms with Gasteiger partial charge in [0.2, 0.25) is 5.88 Å². The molecule has 0 N–H and O–H groups in total. The highest BCUT2D eigenvalue weighted by atomic mass is 19.4. The van der Waals surface area contributed by atoms with Gasteiger partial charge in [-0.25, -0.2) is 14.2 Å². The van der Waals surface area contributed by atoms with Crippen LogP contribution in [0.1, 0.15) is 29.2 Å². The van der Waals surface area contributed by atoms with Crippen molar-refractivity contribution in [2.24, 2.45) is 0 Å². The Balaban J connectivity index is 1.61. The van der Waals surface area contributed by atoms with E-state index < -0.39 is 17.4 Å². The van der Waals surface area contributed by atoms with Crippen molar-refractivity contribution in [3.05, 3.63) is 87.7 Å². The minimum Gasteiger partial charge on any atom is -0.475 e. The Morgan fingerprint density at radius 1 is 1.10 bits per heavy atom. The SMILES string of the molecule is Cc1cccc(F)c1N1CC[C@@H](n2c(=O)n(Cc3ccccc3C(F)(F)F)c3c(OCCN(C)C)nccc32)C1. The fourth-order valence-corrected chi connectivity index (χ4v) is 5.42. The summed E-state index contributed by atoms with van der Waals surface area (Å²) < 4.78 is 65.1. The lowest BCUT2D eigenvalue weighted by molar-refractivity contribution is -0.138. The molecule has 7 nitrogen and oxygen atoms in total. The average Bonchev–Trinajstić information content (AvgIpc) is 3.46. The van der Waals surface area contributed by atoms with Gasteiger partial charge in [-0.05, 0) is 56.8 Å². The first-order valence-corrected chi connectivity index (χ1v) is 13.1. The van der Waals surface area contributed by atoms with Gasteiger partial charge >= 0.3 is 11.9 Å². The van der Waals surface area contributed by atoms with Crippen LogP contribution in [0.15, 0.2) is 59.5 Å². The number of alkyl halides is 3. The summed E-state index contributed by atoms with van der Waals surface area (Å²) >= 11 is 0. The van der Waals surface area contributed by atoms with Crippen molar-refractivity contribution in [1.82, 2.24) is 19.0 Å². The first-order chi connectivity index (χ1) is 19.1. The number of aryl methyl sites for hydroxylation is 1. The molecule has 1 aliphatic heterocycles. The van der Waals surface area contributed by atoms with E-state index in [-0.39, 0.29) is 36.5 Å². The van der Waals surface area contributed by atoms with Crippen molar-refractivity contribution in [2.45, 2.75) is 32.1 Å². The molecule has 1 aliphatic rings. The van der Waals surface area contributed by atoms with Crippen molar-refractivity contribution in [3.8, 4) is 5.88 Å². The summed E-state index contributed by atoms with van der Waals surface area (Å²) in [5.74, 6) is -0.153. The number of pyridine rings is 1. The molecule has 212 valence electrons. The second-order valence-electron chi connectivity index (χ2n) is 10.3. The third kappa shape index (κ3) is 5.30. The Labute approximate surface area is 229 Å². The maximum Gasteiger partial charge on any atom is 0.416 e. The van der Waals surface area contributed by atoms with Gasteiger partial charge in [0.25, 0.3) is 0 Å². The van der Waals surface area contributed by atoms with Gasteiger partial charge in [-0.3, -0.25) is 9.13 Å². The monoisotopic (exact) mass is 557 g/mol. The van der Waals surface area contributed by atoms with Gasteiger partial charge in [-0.15, -0.1) is 0 Å². The summed E-state index contributed by atoms with van der Waals surface area (Å²) in [4.78, 5) is 22.2. The van der Waals surface area contributed by atoms with Crippen LogP contribution in [0.3, 0.4) is 0 Å². The first-order valence-electron chi connectivity index (χ1n) is 13.1. The Hall–Kier alpha value is -3.86. The van der Waals surface area contributed by atoms with Gasteiger partial charge in [0.05, 0.1) is 29.4 Å².